The SMILES string of the molecule is c1cnc(N[C@@H]2CCCOC2)nc1. The topological polar surface area (TPSA) is 47.0 Å². The highest BCUT2D eigenvalue weighted by molar-refractivity contribution is 5.24. The predicted octanol–water partition coefficient (Wildman–Crippen LogP) is 1.07. The number of rotatable bonds is 2. The third-order valence-corrected chi connectivity index (χ3v) is 2.06. The summed E-state index contributed by atoms with van der Waals surface area (Å²) in [5.74, 6) is 0.693. The Labute approximate surface area is 77.4 Å². The molecule has 2 heterocycles. The Morgan fingerprint density at radius 1 is 1.38 bits per heavy atom. The molecule has 1 aromatic rings. The third kappa shape index (κ3) is 2.39. The first-order valence-electron chi connectivity index (χ1n) is 4.56. The van der Waals surface area contributed by atoms with Crippen LogP contribution in [0.4, 0.5) is 5.95 Å². The molecule has 1 aromatic heterocycles. The maximum Gasteiger partial charge on any atom is 0.222 e. The molecule has 13 heavy (non-hydrogen) atoms. The van der Waals surface area contributed by atoms with Gasteiger partial charge in [-0.2, -0.15) is 0 Å². The minimum atomic E-state index is 0.371. The Bertz CT molecular complexity index is 246. The Morgan fingerprint density at radius 3 is 2.92 bits per heavy atom. The van der Waals surface area contributed by atoms with Gasteiger partial charge in [0.2, 0.25) is 5.95 Å². The summed E-state index contributed by atoms with van der Waals surface area (Å²) >= 11 is 0. The maximum atomic E-state index is 5.34. The van der Waals surface area contributed by atoms with Gasteiger partial charge in [0.25, 0.3) is 0 Å². The van der Waals surface area contributed by atoms with E-state index < -0.39 is 0 Å². The lowest BCUT2D eigenvalue weighted by Crippen LogP contribution is -2.30. The molecule has 0 radical (unpaired) electrons. The van der Waals surface area contributed by atoms with Gasteiger partial charge < -0.3 is 10.1 Å². The van der Waals surface area contributed by atoms with E-state index in [1.165, 1.54) is 0 Å². The van der Waals surface area contributed by atoms with Crippen molar-refractivity contribution in [2.45, 2.75) is 18.9 Å². The molecule has 2 rings (SSSR count). The number of aromatic nitrogens is 2. The van der Waals surface area contributed by atoms with E-state index in [4.69, 9.17) is 4.74 Å². The Kier molecular flexibility index (Phi) is 2.72. The van der Waals surface area contributed by atoms with E-state index in [9.17, 15) is 0 Å². The first-order valence-corrected chi connectivity index (χ1v) is 4.56. The van der Waals surface area contributed by atoms with Gasteiger partial charge in [-0.05, 0) is 18.9 Å². The summed E-state index contributed by atoms with van der Waals surface area (Å²) in [6, 6.07) is 2.18. The third-order valence-electron chi connectivity index (χ3n) is 2.06. The van der Waals surface area contributed by atoms with Crippen LogP contribution < -0.4 is 5.32 Å². The fourth-order valence-electron chi connectivity index (χ4n) is 1.41. The van der Waals surface area contributed by atoms with Crippen LogP contribution >= 0.6 is 0 Å². The number of anilines is 1. The molecule has 1 atom stereocenters. The van der Waals surface area contributed by atoms with Crippen LogP contribution in [0.1, 0.15) is 12.8 Å². The van der Waals surface area contributed by atoms with E-state index in [0.717, 1.165) is 26.1 Å². The van der Waals surface area contributed by atoms with Crippen molar-refractivity contribution in [3.05, 3.63) is 18.5 Å². The maximum absolute atomic E-state index is 5.34. The van der Waals surface area contributed by atoms with Crippen molar-refractivity contribution in [3.8, 4) is 0 Å². The smallest absolute Gasteiger partial charge is 0.222 e. The lowest BCUT2D eigenvalue weighted by Gasteiger charge is -2.22. The first-order chi connectivity index (χ1) is 6.45. The van der Waals surface area contributed by atoms with Gasteiger partial charge in [0.05, 0.1) is 12.6 Å². The summed E-state index contributed by atoms with van der Waals surface area (Å²) in [5.41, 5.74) is 0. The molecule has 1 N–H and O–H groups in total. The van der Waals surface area contributed by atoms with E-state index >= 15 is 0 Å². The van der Waals surface area contributed by atoms with Crippen LogP contribution in [-0.4, -0.2) is 29.2 Å². The average Bonchev–Trinajstić information content (AvgIpc) is 2.21. The lowest BCUT2D eigenvalue weighted by atomic mass is 10.1. The van der Waals surface area contributed by atoms with Gasteiger partial charge in [-0.3, -0.25) is 0 Å². The molecule has 4 nitrogen and oxygen atoms in total. The largest absolute Gasteiger partial charge is 0.379 e. The summed E-state index contributed by atoms with van der Waals surface area (Å²) in [4.78, 5) is 8.19. The van der Waals surface area contributed by atoms with E-state index in [-0.39, 0.29) is 0 Å². The van der Waals surface area contributed by atoms with Crippen LogP contribution in [0.2, 0.25) is 0 Å². The molecule has 0 unspecified atom stereocenters. The molecule has 1 aliphatic rings. The summed E-state index contributed by atoms with van der Waals surface area (Å²) in [6.45, 7) is 1.64. The zero-order valence-electron chi connectivity index (χ0n) is 7.44. The highest BCUT2D eigenvalue weighted by Gasteiger charge is 2.13. The van der Waals surface area contributed by atoms with E-state index in [1.807, 2.05) is 6.07 Å². The minimum Gasteiger partial charge on any atom is -0.379 e. The molecule has 1 fully saturated rings. The molecular weight excluding hydrogens is 166 g/mol. The predicted molar refractivity (Wildman–Crippen MR) is 49.5 cm³/mol. The van der Waals surface area contributed by atoms with Gasteiger partial charge in [0, 0.05) is 19.0 Å². The number of nitrogens with one attached hydrogen (secondary N) is 1. The van der Waals surface area contributed by atoms with Crippen LogP contribution in [-0.2, 0) is 4.74 Å². The Balaban J connectivity index is 1.90. The summed E-state index contributed by atoms with van der Waals surface area (Å²) < 4.78 is 5.34. The molecule has 0 aromatic carbocycles. The van der Waals surface area contributed by atoms with Crippen molar-refractivity contribution >= 4 is 5.95 Å². The van der Waals surface area contributed by atoms with Gasteiger partial charge >= 0.3 is 0 Å². The number of hydrogen-bond donors (Lipinski definition) is 1. The summed E-state index contributed by atoms with van der Waals surface area (Å²) in [6.07, 6.45) is 5.72. The second-order valence-electron chi connectivity index (χ2n) is 3.13. The molecule has 0 bridgehead atoms. The zero-order chi connectivity index (χ0) is 8.93. The van der Waals surface area contributed by atoms with Crippen molar-refractivity contribution in [3.63, 3.8) is 0 Å². The van der Waals surface area contributed by atoms with Crippen LogP contribution in [0.25, 0.3) is 0 Å². The molecule has 0 amide bonds. The Morgan fingerprint density at radius 2 is 2.23 bits per heavy atom. The van der Waals surface area contributed by atoms with Crippen molar-refractivity contribution in [1.29, 1.82) is 0 Å². The monoisotopic (exact) mass is 179 g/mol. The van der Waals surface area contributed by atoms with Gasteiger partial charge in [0.1, 0.15) is 0 Å². The quantitative estimate of drug-likeness (QED) is 0.737. The summed E-state index contributed by atoms with van der Waals surface area (Å²) in [7, 11) is 0. The highest BCUT2D eigenvalue weighted by atomic mass is 16.5. The lowest BCUT2D eigenvalue weighted by molar-refractivity contribution is 0.0874. The molecule has 0 saturated carbocycles. The van der Waals surface area contributed by atoms with Crippen molar-refractivity contribution in [2.75, 3.05) is 18.5 Å². The van der Waals surface area contributed by atoms with Crippen LogP contribution in [0.3, 0.4) is 0 Å². The number of hydrogen-bond acceptors (Lipinski definition) is 4. The minimum absolute atomic E-state index is 0.371. The van der Waals surface area contributed by atoms with Crippen molar-refractivity contribution in [1.82, 2.24) is 9.97 Å². The molecule has 4 heteroatoms. The summed E-state index contributed by atoms with van der Waals surface area (Å²) in [5, 5.41) is 3.23. The van der Waals surface area contributed by atoms with Crippen molar-refractivity contribution < 1.29 is 4.74 Å². The zero-order valence-corrected chi connectivity index (χ0v) is 7.44. The number of ether oxygens (including phenoxy) is 1. The molecular formula is C9H13N3O. The van der Waals surface area contributed by atoms with Crippen LogP contribution in [0, 0.1) is 0 Å². The van der Waals surface area contributed by atoms with Gasteiger partial charge in [-0.1, -0.05) is 0 Å². The Hall–Kier alpha value is -1.16. The second kappa shape index (κ2) is 4.18. The molecule has 1 aliphatic heterocycles. The fourth-order valence-corrected chi connectivity index (χ4v) is 1.41. The molecule has 0 aliphatic carbocycles. The fraction of sp³-hybridized carbons (Fsp3) is 0.556. The first kappa shape index (κ1) is 8.44. The van der Waals surface area contributed by atoms with E-state index in [0.29, 0.717) is 12.0 Å². The van der Waals surface area contributed by atoms with E-state index in [1.54, 1.807) is 12.4 Å². The highest BCUT2D eigenvalue weighted by Crippen LogP contribution is 2.09. The van der Waals surface area contributed by atoms with Gasteiger partial charge in [-0.15, -0.1) is 0 Å². The van der Waals surface area contributed by atoms with E-state index in [2.05, 4.69) is 15.3 Å². The standard InChI is InChI=1S/C9H13N3O/c1-3-8(7-13-6-1)12-9-10-4-2-5-11-9/h2,4-5,8H,1,3,6-7H2,(H,10,11,12)/t8-/m1/s1. The number of nitrogens with zero attached hydrogens (tertiary/aromatic N) is 2. The second-order valence-corrected chi connectivity index (χ2v) is 3.13. The average molecular weight is 179 g/mol. The molecule has 70 valence electrons. The normalized spacial score (nSPS) is 22.6. The molecule has 0 spiro atoms. The van der Waals surface area contributed by atoms with Gasteiger partial charge in [0.15, 0.2) is 0 Å². The van der Waals surface area contributed by atoms with Crippen molar-refractivity contribution in [2.24, 2.45) is 0 Å². The van der Waals surface area contributed by atoms with Crippen LogP contribution in [0.15, 0.2) is 18.5 Å². The molecule has 1 saturated heterocycles. The van der Waals surface area contributed by atoms with Crippen LogP contribution in [0.5, 0.6) is 0 Å². The van der Waals surface area contributed by atoms with Gasteiger partial charge in [-0.25, -0.2) is 9.97 Å².